The Hall–Kier alpha value is -2.41. The average Bonchev–Trinajstić information content (AvgIpc) is 2.77. The fourth-order valence-corrected chi connectivity index (χ4v) is 4.38. The lowest BCUT2D eigenvalue weighted by Crippen LogP contribution is -2.38. The number of H-pyrrole nitrogens is 1. The first-order valence-electron chi connectivity index (χ1n) is 9.91. The summed E-state index contributed by atoms with van der Waals surface area (Å²) in [6.07, 6.45) is 3.21. The van der Waals surface area contributed by atoms with Crippen molar-refractivity contribution >= 4 is 52.7 Å². The Balaban J connectivity index is 1.54. The lowest BCUT2D eigenvalue weighted by molar-refractivity contribution is 0.0713. The number of nitrogens with zero attached hydrogens (tertiary/aromatic N) is 1. The van der Waals surface area contributed by atoms with Gasteiger partial charge >= 0.3 is 0 Å². The highest BCUT2D eigenvalue weighted by Gasteiger charge is 2.27. The van der Waals surface area contributed by atoms with Gasteiger partial charge in [0.2, 0.25) is 0 Å². The van der Waals surface area contributed by atoms with Crippen LogP contribution in [0.1, 0.15) is 34.7 Å². The van der Waals surface area contributed by atoms with Crippen LogP contribution in [0.2, 0.25) is 10.0 Å². The summed E-state index contributed by atoms with van der Waals surface area (Å²) in [6.45, 7) is 1.20. The van der Waals surface area contributed by atoms with E-state index in [0.717, 1.165) is 18.4 Å². The highest BCUT2D eigenvalue weighted by Crippen LogP contribution is 2.33. The van der Waals surface area contributed by atoms with E-state index in [0.29, 0.717) is 45.6 Å². The Morgan fingerprint density at radius 3 is 2.52 bits per heavy atom. The van der Waals surface area contributed by atoms with Crippen molar-refractivity contribution in [2.75, 3.05) is 18.4 Å². The lowest BCUT2D eigenvalue weighted by Gasteiger charge is -2.32. The van der Waals surface area contributed by atoms with Crippen LogP contribution in [0.3, 0.4) is 0 Å². The molecule has 0 bridgehead atoms. The molecule has 1 aromatic heterocycles. The maximum atomic E-state index is 13.3. The molecule has 0 unspecified atom stereocenters. The third-order valence-electron chi connectivity index (χ3n) is 5.48. The van der Waals surface area contributed by atoms with Crippen LogP contribution in [0.5, 0.6) is 0 Å². The Kier molecular flexibility index (Phi) is 6.60. The van der Waals surface area contributed by atoms with Crippen LogP contribution in [0, 0.1) is 10.5 Å². The lowest BCUT2D eigenvalue weighted by atomic mass is 9.89. The summed E-state index contributed by atoms with van der Waals surface area (Å²) < 4.78 is 13.5. The molecule has 1 aliphatic heterocycles. The van der Waals surface area contributed by atoms with Crippen molar-refractivity contribution in [3.05, 3.63) is 86.4 Å². The van der Waals surface area contributed by atoms with Crippen LogP contribution in [-0.2, 0) is 0 Å². The van der Waals surface area contributed by atoms with Gasteiger partial charge in [-0.15, -0.1) is 0 Å². The zero-order chi connectivity index (χ0) is 22.0. The van der Waals surface area contributed by atoms with Crippen molar-refractivity contribution in [1.82, 2.24) is 9.88 Å². The van der Waals surface area contributed by atoms with Crippen LogP contribution in [-0.4, -0.2) is 28.9 Å². The number of halogens is 3. The molecule has 1 aliphatic rings. The molecule has 3 aromatic rings. The van der Waals surface area contributed by atoms with Gasteiger partial charge < -0.3 is 15.2 Å². The van der Waals surface area contributed by atoms with Gasteiger partial charge in [-0.2, -0.15) is 0 Å². The van der Waals surface area contributed by atoms with Crippen LogP contribution in [0.4, 0.5) is 15.8 Å². The van der Waals surface area contributed by atoms with E-state index in [1.54, 1.807) is 18.3 Å². The number of hydrogen-bond acceptors (Lipinski definition) is 3. The average molecular weight is 476 g/mol. The van der Waals surface area contributed by atoms with Crippen molar-refractivity contribution in [2.45, 2.75) is 18.8 Å². The second-order valence-corrected chi connectivity index (χ2v) is 8.70. The van der Waals surface area contributed by atoms with E-state index in [1.807, 2.05) is 29.2 Å². The number of aromatic amines is 1. The first-order valence-corrected chi connectivity index (χ1v) is 11.1. The molecule has 0 radical (unpaired) electrons. The van der Waals surface area contributed by atoms with Crippen LogP contribution >= 0.6 is 35.4 Å². The number of anilines is 2. The minimum atomic E-state index is -0.241. The summed E-state index contributed by atoms with van der Waals surface area (Å²) in [5.74, 6) is -0.0662. The second kappa shape index (κ2) is 9.39. The number of carbonyl (C=O) groups excluding carboxylic acids is 1. The van der Waals surface area contributed by atoms with Gasteiger partial charge in [-0.1, -0.05) is 53.6 Å². The number of amides is 1. The number of benzene rings is 2. The van der Waals surface area contributed by atoms with Crippen LogP contribution in [0.15, 0.2) is 54.7 Å². The van der Waals surface area contributed by atoms with E-state index in [4.69, 9.17) is 35.4 Å². The summed E-state index contributed by atoms with van der Waals surface area (Å²) >= 11 is 17.8. The van der Waals surface area contributed by atoms with Crippen molar-refractivity contribution in [3.8, 4) is 0 Å². The zero-order valence-electron chi connectivity index (χ0n) is 16.5. The number of nitrogens with one attached hydrogen (secondary N) is 2. The number of hydrogen-bond donors (Lipinski definition) is 2. The number of carbonyl (C=O) groups is 1. The topological polar surface area (TPSA) is 48.1 Å². The molecule has 2 aromatic carbocycles. The summed E-state index contributed by atoms with van der Waals surface area (Å²) in [4.78, 5) is 18.0. The minimum absolute atomic E-state index is 0.129. The smallest absolute Gasteiger partial charge is 0.257 e. The molecule has 2 heterocycles. The maximum absolute atomic E-state index is 13.3. The molecule has 8 heteroatoms. The van der Waals surface area contributed by atoms with Crippen molar-refractivity contribution in [1.29, 1.82) is 0 Å². The monoisotopic (exact) mass is 475 g/mol. The van der Waals surface area contributed by atoms with E-state index < -0.39 is 0 Å². The maximum Gasteiger partial charge on any atom is 0.257 e. The van der Waals surface area contributed by atoms with Gasteiger partial charge in [0.25, 0.3) is 5.91 Å². The molecule has 0 spiro atoms. The Morgan fingerprint density at radius 2 is 1.84 bits per heavy atom. The molecule has 0 aliphatic carbocycles. The molecule has 2 N–H and O–H groups in total. The van der Waals surface area contributed by atoms with Crippen LogP contribution < -0.4 is 5.32 Å². The third-order valence-corrected chi connectivity index (χ3v) is 6.53. The fourth-order valence-electron chi connectivity index (χ4n) is 3.83. The number of likely N-dealkylation sites (tertiary alicyclic amines) is 1. The summed E-state index contributed by atoms with van der Waals surface area (Å²) in [5.41, 5.74) is 2.68. The molecule has 1 fully saturated rings. The minimum Gasteiger partial charge on any atom is -0.353 e. The Labute approximate surface area is 195 Å². The van der Waals surface area contributed by atoms with Gasteiger partial charge in [0.05, 0.1) is 16.3 Å². The van der Waals surface area contributed by atoms with Crippen molar-refractivity contribution in [2.24, 2.45) is 0 Å². The standard InChI is InChI=1S/C23H20Cl2FN3OS/c24-16-2-1-3-18(12-16)28-21-19(13-27-22(31)20(21)25)23(30)29-10-8-15(9-11-29)14-4-6-17(26)7-5-14/h1-7,12-13,15H,8-11H2,(H2,27,28,31). The second-order valence-electron chi connectivity index (χ2n) is 7.47. The zero-order valence-corrected chi connectivity index (χ0v) is 18.8. The molecule has 31 heavy (non-hydrogen) atoms. The Morgan fingerprint density at radius 1 is 1.13 bits per heavy atom. The van der Waals surface area contributed by atoms with Gasteiger partial charge in [-0.05, 0) is 54.7 Å². The van der Waals surface area contributed by atoms with Gasteiger partial charge in [0.15, 0.2) is 0 Å². The molecule has 4 rings (SSSR count). The molecule has 4 nitrogen and oxygen atoms in total. The molecule has 0 atom stereocenters. The molecular formula is C23H20Cl2FN3OS. The first-order chi connectivity index (χ1) is 14.9. The number of pyridine rings is 1. The number of rotatable bonds is 4. The normalized spacial score (nSPS) is 14.5. The van der Waals surface area contributed by atoms with Gasteiger partial charge in [-0.3, -0.25) is 4.79 Å². The summed E-state index contributed by atoms with van der Waals surface area (Å²) in [7, 11) is 0. The third kappa shape index (κ3) is 4.92. The Bertz CT molecular complexity index is 1160. The molecule has 160 valence electrons. The summed E-state index contributed by atoms with van der Waals surface area (Å²) in [6, 6.07) is 13.8. The first kappa shape index (κ1) is 21.8. The highest BCUT2D eigenvalue weighted by atomic mass is 35.5. The summed E-state index contributed by atoms with van der Waals surface area (Å²) in [5, 5.41) is 4.04. The largest absolute Gasteiger partial charge is 0.353 e. The van der Waals surface area contributed by atoms with Crippen molar-refractivity contribution < 1.29 is 9.18 Å². The van der Waals surface area contributed by atoms with E-state index in [1.165, 1.54) is 12.1 Å². The van der Waals surface area contributed by atoms with Crippen LogP contribution in [0.25, 0.3) is 0 Å². The highest BCUT2D eigenvalue weighted by molar-refractivity contribution is 7.71. The predicted octanol–water partition coefficient (Wildman–Crippen LogP) is 6.95. The van der Waals surface area contributed by atoms with Gasteiger partial charge in [0.1, 0.15) is 10.5 Å². The molecule has 0 saturated carbocycles. The van der Waals surface area contributed by atoms with Crippen molar-refractivity contribution in [3.63, 3.8) is 0 Å². The molecule has 1 amide bonds. The van der Waals surface area contributed by atoms with E-state index in [9.17, 15) is 9.18 Å². The van der Waals surface area contributed by atoms with E-state index in [-0.39, 0.29) is 16.7 Å². The van der Waals surface area contributed by atoms with Gasteiger partial charge in [-0.25, -0.2) is 4.39 Å². The fraction of sp³-hybridized carbons (Fsp3) is 0.217. The van der Waals surface area contributed by atoms with E-state index in [2.05, 4.69) is 10.3 Å². The molecule has 1 saturated heterocycles. The SMILES string of the molecule is O=C(c1c[nH]c(=S)c(Cl)c1Nc1cccc(Cl)c1)N1CCC(c2ccc(F)cc2)CC1. The molecular weight excluding hydrogens is 456 g/mol. The number of piperidine rings is 1. The quantitative estimate of drug-likeness (QED) is 0.401. The number of aromatic nitrogens is 1. The van der Waals surface area contributed by atoms with Gasteiger partial charge in [0, 0.05) is 30.0 Å². The predicted molar refractivity (Wildman–Crippen MR) is 126 cm³/mol. The van der Waals surface area contributed by atoms with E-state index >= 15 is 0 Å².